The van der Waals surface area contributed by atoms with Crippen LogP contribution in [0.1, 0.15) is 51.6 Å². The number of benzene rings is 2. The van der Waals surface area contributed by atoms with Crippen LogP contribution in [-0.2, 0) is 9.59 Å². The molecule has 0 radical (unpaired) electrons. The van der Waals surface area contributed by atoms with Gasteiger partial charge in [0.1, 0.15) is 5.82 Å². The molecule has 0 saturated heterocycles. The van der Waals surface area contributed by atoms with Crippen molar-refractivity contribution in [2.45, 2.75) is 46.1 Å². The van der Waals surface area contributed by atoms with Gasteiger partial charge >= 0.3 is 0 Å². The highest BCUT2D eigenvalue weighted by Crippen LogP contribution is 2.48. The highest BCUT2D eigenvalue weighted by Gasteiger charge is 2.43. The van der Waals surface area contributed by atoms with Gasteiger partial charge in [-0.25, -0.2) is 4.39 Å². The maximum atomic E-state index is 15.0. The Labute approximate surface area is 170 Å². The summed E-state index contributed by atoms with van der Waals surface area (Å²) in [7, 11) is 0. The van der Waals surface area contributed by atoms with E-state index < -0.39 is 11.9 Å². The molecule has 2 aromatic carbocycles. The number of halogens is 1. The van der Waals surface area contributed by atoms with Gasteiger partial charge in [0.2, 0.25) is 5.91 Å². The average Bonchev–Trinajstić information content (AvgIpc) is 2.81. The number of carbonyl (C=O) groups is 2. The molecule has 0 unspecified atom stereocenters. The number of anilines is 2. The third kappa shape index (κ3) is 3.35. The first-order valence-electron chi connectivity index (χ1n) is 10.0. The molecule has 1 N–H and O–H groups in total. The smallest absolute Gasteiger partial charge is 0.227 e. The summed E-state index contributed by atoms with van der Waals surface area (Å²) in [6.45, 7) is 5.89. The monoisotopic (exact) mass is 392 g/mol. The lowest BCUT2D eigenvalue weighted by atomic mass is 9.73. The number of hydrogen-bond donors (Lipinski definition) is 1. The van der Waals surface area contributed by atoms with Crippen LogP contribution in [0.2, 0.25) is 0 Å². The van der Waals surface area contributed by atoms with Crippen molar-refractivity contribution in [2.75, 3.05) is 10.2 Å². The molecule has 0 aromatic heterocycles. The molecule has 29 heavy (non-hydrogen) atoms. The van der Waals surface area contributed by atoms with Crippen molar-refractivity contribution in [1.29, 1.82) is 0 Å². The third-order valence-electron chi connectivity index (χ3n) is 5.67. The van der Waals surface area contributed by atoms with Crippen LogP contribution >= 0.6 is 0 Å². The zero-order valence-corrected chi connectivity index (χ0v) is 17.0. The zero-order chi connectivity index (χ0) is 20.8. The summed E-state index contributed by atoms with van der Waals surface area (Å²) in [5.41, 5.74) is 2.82. The van der Waals surface area contributed by atoms with E-state index in [9.17, 15) is 14.0 Å². The van der Waals surface area contributed by atoms with Gasteiger partial charge in [-0.15, -0.1) is 0 Å². The van der Waals surface area contributed by atoms with Crippen LogP contribution in [-0.4, -0.2) is 11.7 Å². The number of hydrogen-bond acceptors (Lipinski definition) is 3. The van der Waals surface area contributed by atoms with E-state index in [-0.39, 0.29) is 23.5 Å². The first kappa shape index (κ1) is 19.4. The number of Topliss-reactive ketones (excluding diaryl/α,β-unsaturated/α-hetero) is 1. The molecular formula is C24H25FN2O2. The van der Waals surface area contributed by atoms with Crippen molar-refractivity contribution in [3.05, 3.63) is 71.2 Å². The quantitative estimate of drug-likeness (QED) is 0.747. The van der Waals surface area contributed by atoms with E-state index in [0.29, 0.717) is 29.7 Å². The average molecular weight is 392 g/mol. The van der Waals surface area contributed by atoms with Gasteiger partial charge in [0.05, 0.1) is 17.4 Å². The largest absolute Gasteiger partial charge is 0.357 e. The number of para-hydroxylation sites is 2. The first-order valence-corrected chi connectivity index (χ1v) is 10.0. The summed E-state index contributed by atoms with van der Waals surface area (Å²) in [6.07, 6.45) is 1.27. The van der Waals surface area contributed by atoms with Crippen molar-refractivity contribution in [3.63, 3.8) is 0 Å². The Morgan fingerprint density at radius 3 is 2.55 bits per heavy atom. The topological polar surface area (TPSA) is 49.4 Å². The van der Waals surface area contributed by atoms with E-state index in [0.717, 1.165) is 11.4 Å². The van der Waals surface area contributed by atoms with E-state index in [1.807, 2.05) is 24.3 Å². The summed E-state index contributed by atoms with van der Waals surface area (Å²) in [5.74, 6) is -0.618. The molecule has 2 aliphatic rings. The second kappa shape index (κ2) is 7.14. The van der Waals surface area contributed by atoms with Crippen molar-refractivity contribution in [1.82, 2.24) is 0 Å². The number of ketones is 1. The lowest BCUT2D eigenvalue weighted by Gasteiger charge is -2.37. The van der Waals surface area contributed by atoms with Crippen LogP contribution in [0.15, 0.2) is 59.8 Å². The summed E-state index contributed by atoms with van der Waals surface area (Å²) < 4.78 is 15.0. The fraction of sp³-hybridized carbons (Fsp3) is 0.333. The molecule has 1 heterocycles. The molecule has 0 bridgehead atoms. The fourth-order valence-corrected chi connectivity index (χ4v) is 4.42. The lowest BCUT2D eigenvalue weighted by molar-refractivity contribution is -0.119. The van der Waals surface area contributed by atoms with Gasteiger partial charge in [-0.1, -0.05) is 51.1 Å². The number of carbonyl (C=O) groups excluding carboxylic acids is 2. The number of fused-ring (bicyclic) bond motifs is 1. The minimum absolute atomic E-state index is 0.0429. The van der Waals surface area contributed by atoms with Gasteiger partial charge in [-0.3, -0.25) is 14.5 Å². The van der Waals surface area contributed by atoms with E-state index in [4.69, 9.17) is 0 Å². The number of nitrogens with zero attached hydrogens (tertiary/aromatic N) is 1. The second-order valence-electron chi connectivity index (χ2n) is 8.52. The number of rotatable bonds is 2. The van der Waals surface area contributed by atoms with Gasteiger partial charge in [-0.2, -0.15) is 0 Å². The van der Waals surface area contributed by atoms with Crippen LogP contribution in [0.25, 0.3) is 0 Å². The van der Waals surface area contributed by atoms with Crippen molar-refractivity contribution >= 4 is 23.1 Å². The van der Waals surface area contributed by atoms with E-state index >= 15 is 0 Å². The molecule has 4 nitrogen and oxygen atoms in total. The maximum Gasteiger partial charge on any atom is 0.227 e. The molecule has 1 amide bonds. The van der Waals surface area contributed by atoms with Crippen LogP contribution in [0, 0.1) is 11.2 Å². The van der Waals surface area contributed by atoms with Gasteiger partial charge in [-0.05, 0) is 30.0 Å². The van der Waals surface area contributed by atoms with Crippen molar-refractivity contribution < 1.29 is 14.0 Å². The Morgan fingerprint density at radius 1 is 1.14 bits per heavy atom. The molecule has 0 saturated carbocycles. The Morgan fingerprint density at radius 2 is 1.83 bits per heavy atom. The molecule has 0 fully saturated rings. The molecule has 5 heteroatoms. The highest BCUT2D eigenvalue weighted by atomic mass is 19.1. The maximum absolute atomic E-state index is 15.0. The summed E-state index contributed by atoms with van der Waals surface area (Å²) >= 11 is 0. The van der Waals surface area contributed by atoms with Crippen LogP contribution in [0.4, 0.5) is 15.8 Å². The Kier molecular flexibility index (Phi) is 4.77. The molecule has 1 aliphatic heterocycles. The molecule has 2 aromatic rings. The van der Waals surface area contributed by atoms with Crippen molar-refractivity contribution in [3.8, 4) is 0 Å². The number of nitrogens with one attached hydrogen (secondary N) is 1. The summed E-state index contributed by atoms with van der Waals surface area (Å²) in [4.78, 5) is 28.1. The molecule has 1 atom stereocenters. The Bertz CT molecular complexity index is 1030. The Balaban J connectivity index is 2.04. The van der Waals surface area contributed by atoms with E-state index in [1.54, 1.807) is 30.0 Å². The third-order valence-corrected chi connectivity index (χ3v) is 5.67. The van der Waals surface area contributed by atoms with Gasteiger partial charge in [0.25, 0.3) is 0 Å². The minimum atomic E-state index is -0.793. The predicted molar refractivity (Wildman–Crippen MR) is 112 cm³/mol. The summed E-state index contributed by atoms with van der Waals surface area (Å²) in [5, 5.41) is 3.42. The zero-order valence-electron chi connectivity index (χ0n) is 17.0. The fourth-order valence-electron chi connectivity index (χ4n) is 4.42. The molecule has 150 valence electrons. The van der Waals surface area contributed by atoms with Crippen molar-refractivity contribution in [2.24, 2.45) is 5.41 Å². The normalized spacial score (nSPS) is 20.5. The SMILES string of the molecule is CCC(=O)N1c2ccccc2NC2=C(C(=O)CC(C)(C)C2)[C@@H]1c1ccccc1F. The lowest BCUT2D eigenvalue weighted by Crippen LogP contribution is -2.39. The van der Waals surface area contributed by atoms with E-state index in [1.165, 1.54) is 6.07 Å². The highest BCUT2D eigenvalue weighted by molar-refractivity contribution is 6.06. The van der Waals surface area contributed by atoms with Gasteiger partial charge in [0.15, 0.2) is 5.78 Å². The first-order chi connectivity index (χ1) is 13.8. The van der Waals surface area contributed by atoms with Crippen LogP contribution in [0.5, 0.6) is 0 Å². The second-order valence-corrected chi connectivity index (χ2v) is 8.52. The minimum Gasteiger partial charge on any atom is -0.357 e. The van der Waals surface area contributed by atoms with E-state index in [2.05, 4.69) is 19.2 Å². The molecule has 0 spiro atoms. The summed E-state index contributed by atoms with van der Waals surface area (Å²) in [6, 6.07) is 13.1. The molecule has 1 aliphatic carbocycles. The Hall–Kier alpha value is -2.95. The van der Waals surface area contributed by atoms with Gasteiger partial charge < -0.3 is 5.32 Å². The predicted octanol–water partition coefficient (Wildman–Crippen LogP) is 5.38. The number of allylic oxidation sites excluding steroid dienone is 1. The number of amides is 1. The molecule has 4 rings (SSSR count). The standard InChI is InChI=1S/C24H25FN2O2/c1-4-21(29)27-19-12-8-7-11-17(19)26-18-13-24(2,3)14-20(28)22(18)23(27)15-9-5-6-10-16(15)25/h5-12,23,26H,4,13-14H2,1-3H3/t23-/m0/s1. The molecular weight excluding hydrogens is 367 g/mol. The van der Waals surface area contributed by atoms with Crippen LogP contribution in [0.3, 0.4) is 0 Å². The van der Waals surface area contributed by atoms with Crippen LogP contribution < -0.4 is 10.2 Å². The van der Waals surface area contributed by atoms with Gasteiger partial charge in [0, 0.05) is 29.7 Å².